The molecule has 1 aliphatic rings. The molecule has 0 bridgehead atoms. The fourth-order valence-electron chi connectivity index (χ4n) is 2.39. The summed E-state index contributed by atoms with van der Waals surface area (Å²) < 4.78 is 27.1. The average Bonchev–Trinajstić information content (AvgIpc) is 2.42. The van der Waals surface area contributed by atoms with Crippen molar-refractivity contribution in [3.8, 4) is 0 Å². The predicted molar refractivity (Wildman–Crippen MR) is 94.5 cm³/mol. The highest BCUT2D eigenvalue weighted by atomic mass is 35.5. The number of sulfonamides is 1. The van der Waals surface area contributed by atoms with Crippen LogP contribution in [0.15, 0.2) is 18.2 Å². The van der Waals surface area contributed by atoms with Crippen molar-refractivity contribution in [1.29, 1.82) is 0 Å². The third-order valence-electron chi connectivity index (χ3n) is 3.87. The van der Waals surface area contributed by atoms with Crippen LogP contribution >= 0.6 is 35.6 Å². The van der Waals surface area contributed by atoms with Crippen LogP contribution in [0.25, 0.3) is 0 Å². The van der Waals surface area contributed by atoms with Crippen molar-refractivity contribution in [2.24, 2.45) is 5.41 Å². The fourth-order valence-corrected chi connectivity index (χ4v) is 4.00. The molecular formula is C14H21Cl3N2O2S. The molecule has 0 saturated carbocycles. The van der Waals surface area contributed by atoms with Gasteiger partial charge in [0.2, 0.25) is 10.0 Å². The standard InChI is InChI=1S/C14H20Cl2N2O2S.ClH/c1-14(4-6-17-7-5-14)10-18-21(19,20)9-11-2-3-12(15)13(16)8-11;/h2-3,8,17-18H,4-7,9-10H2,1H3;1H. The smallest absolute Gasteiger partial charge is 0.215 e. The predicted octanol–water partition coefficient (Wildman–Crippen LogP) is 3.22. The lowest BCUT2D eigenvalue weighted by atomic mass is 9.81. The van der Waals surface area contributed by atoms with Crippen LogP contribution in [0, 0.1) is 5.41 Å². The van der Waals surface area contributed by atoms with Crippen LogP contribution in [-0.2, 0) is 15.8 Å². The minimum atomic E-state index is -3.37. The van der Waals surface area contributed by atoms with Crippen LogP contribution in [0.4, 0.5) is 0 Å². The van der Waals surface area contributed by atoms with Gasteiger partial charge in [-0.25, -0.2) is 13.1 Å². The third kappa shape index (κ3) is 5.87. The Kier molecular flexibility index (Phi) is 7.43. The van der Waals surface area contributed by atoms with Crippen molar-refractivity contribution in [3.63, 3.8) is 0 Å². The molecule has 22 heavy (non-hydrogen) atoms. The van der Waals surface area contributed by atoms with E-state index in [9.17, 15) is 8.42 Å². The lowest BCUT2D eigenvalue weighted by Crippen LogP contribution is -2.43. The second-order valence-corrected chi connectivity index (χ2v) is 8.51. The Morgan fingerprint density at radius 2 is 1.86 bits per heavy atom. The number of piperidine rings is 1. The van der Waals surface area contributed by atoms with Crippen LogP contribution in [0.2, 0.25) is 10.0 Å². The van der Waals surface area contributed by atoms with Crippen molar-refractivity contribution in [3.05, 3.63) is 33.8 Å². The maximum absolute atomic E-state index is 12.2. The van der Waals surface area contributed by atoms with E-state index < -0.39 is 10.0 Å². The molecule has 0 aromatic heterocycles. The van der Waals surface area contributed by atoms with Gasteiger partial charge in [-0.15, -0.1) is 12.4 Å². The molecule has 1 aromatic carbocycles. The van der Waals surface area contributed by atoms with Gasteiger partial charge in [0, 0.05) is 6.54 Å². The molecule has 1 aliphatic heterocycles. The topological polar surface area (TPSA) is 58.2 Å². The van der Waals surface area contributed by atoms with E-state index in [0.717, 1.165) is 25.9 Å². The van der Waals surface area contributed by atoms with Gasteiger partial charge in [-0.3, -0.25) is 0 Å². The lowest BCUT2D eigenvalue weighted by Gasteiger charge is -2.34. The molecular weight excluding hydrogens is 367 g/mol. The van der Waals surface area contributed by atoms with Gasteiger partial charge in [-0.1, -0.05) is 36.2 Å². The fraction of sp³-hybridized carbons (Fsp3) is 0.571. The van der Waals surface area contributed by atoms with Crippen molar-refractivity contribution in [1.82, 2.24) is 10.0 Å². The quantitative estimate of drug-likeness (QED) is 0.815. The molecule has 1 saturated heterocycles. The number of rotatable bonds is 5. The molecule has 2 N–H and O–H groups in total. The Balaban J connectivity index is 0.00000242. The zero-order chi connectivity index (χ0) is 15.5. The van der Waals surface area contributed by atoms with Gasteiger partial charge in [0.15, 0.2) is 0 Å². The summed E-state index contributed by atoms with van der Waals surface area (Å²) in [7, 11) is -3.37. The third-order valence-corrected chi connectivity index (χ3v) is 5.91. The number of hydrogen-bond donors (Lipinski definition) is 2. The maximum atomic E-state index is 12.2. The lowest BCUT2D eigenvalue weighted by molar-refractivity contribution is 0.232. The molecule has 0 radical (unpaired) electrons. The Morgan fingerprint density at radius 3 is 2.45 bits per heavy atom. The summed E-state index contributed by atoms with van der Waals surface area (Å²) in [4.78, 5) is 0. The monoisotopic (exact) mass is 386 g/mol. The van der Waals surface area contributed by atoms with Crippen molar-refractivity contribution in [2.45, 2.75) is 25.5 Å². The van der Waals surface area contributed by atoms with E-state index in [1.54, 1.807) is 18.2 Å². The van der Waals surface area contributed by atoms with Crippen LogP contribution in [0.3, 0.4) is 0 Å². The maximum Gasteiger partial charge on any atom is 0.215 e. The molecule has 2 rings (SSSR count). The number of benzene rings is 1. The van der Waals surface area contributed by atoms with Crippen LogP contribution in [-0.4, -0.2) is 28.1 Å². The largest absolute Gasteiger partial charge is 0.317 e. The number of hydrogen-bond acceptors (Lipinski definition) is 3. The Morgan fingerprint density at radius 1 is 1.23 bits per heavy atom. The molecule has 0 aliphatic carbocycles. The first-order valence-electron chi connectivity index (χ1n) is 6.92. The van der Waals surface area contributed by atoms with Crippen molar-refractivity contribution < 1.29 is 8.42 Å². The molecule has 1 heterocycles. The molecule has 1 fully saturated rings. The van der Waals surface area contributed by atoms with Gasteiger partial charge >= 0.3 is 0 Å². The summed E-state index contributed by atoms with van der Waals surface area (Å²) in [6.07, 6.45) is 1.95. The second kappa shape index (κ2) is 8.18. The van der Waals surface area contributed by atoms with Crippen molar-refractivity contribution >= 4 is 45.6 Å². The molecule has 0 atom stereocenters. The Hall–Kier alpha value is -0.0400. The van der Waals surface area contributed by atoms with Gasteiger partial charge in [0.05, 0.1) is 15.8 Å². The molecule has 4 nitrogen and oxygen atoms in total. The van der Waals surface area contributed by atoms with Gasteiger partial charge < -0.3 is 5.32 Å². The Labute approximate surface area is 148 Å². The minimum Gasteiger partial charge on any atom is -0.317 e. The molecule has 126 valence electrons. The van der Waals surface area contributed by atoms with E-state index in [0.29, 0.717) is 22.2 Å². The van der Waals surface area contributed by atoms with Crippen molar-refractivity contribution in [2.75, 3.05) is 19.6 Å². The summed E-state index contributed by atoms with van der Waals surface area (Å²) in [5.74, 6) is -0.0851. The van der Waals surface area contributed by atoms with E-state index in [4.69, 9.17) is 23.2 Å². The summed E-state index contributed by atoms with van der Waals surface area (Å²) >= 11 is 11.7. The SMILES string of the molecule is CC1(CNS(=O)(=O)Cc2ccc(Cl)c(Cl)c2)CCNCC1.Cl. The average molecular weight is 388 g/mol. The van der Waals surface area contributed by atoms with E-state index in [1.807, 2.05) is 0 Å². The Bertz CT molecular complexity index is 602. The van der Waals surface area contributed by atoms with Crippen LogP contribution in [0.1, 0.15) is 25.3 Å². The van der Waals surface area contributed by atoms with Gasteiger partial charge in [0.1, 0.15) is 0 Å². The normalized spacial score (nSPS) is 17.8. The zero-order valence-electron chi connectivity index (χ0n) is 12.4. The van der Waals surface area contributed by atoms with E-state index in [-0.39, 0.29) is 23.6 Å². The summed E-state index contributed by atoms with van der Waals surface area (Å²) in [6, 6.07) is 4.89. The van der Waals surface area contributed by atoms with Crippen LogP contribution < -0.4 is 10.0 Å². The van der Waals surface area contributed by atoms with E-state index in [2.05, 4.69) is 17.0 Å². The first-order chi connectivity index (χ1) is 9.80. The van der Waals surface area contributed by atoms with Gasteiger partial charge in [-0.05, 0) is 49.0 Å². The molecule has 0 amide bonds. The van der Waals surface area contributed by atoms with E-state index >= 15 is 0 Å². The highest BCUT2D eigenvalue weighted by molar-refractivity contribution is 7.88. The summed E-state index contributed by atoms with van der Waals surface area (Å²) in [6.45, 7) is 4.46. The summed E-state index contributed by atoms with van der Waals surface area (Å²) in [5, 5.41) is 4.08. The second-order valence-electron chi connectivity index (χ2n) is 5.89. The highest BCUT2D eigenvalue weighted by Gasteiger charge is 2.28. The first kappa shape index (κ1) is 20.0. The minimum absolute atomic E-state index is 0. The molecule has 8 heteroatoms. The zero-order valence-corrected chi connectivity index (χ0v) is 15.5. The molecule has 0 spiro atoms. The van der Waals surface area contributed by atoms with Gasteiger partial charge in [0.25, 0.3) is 0 Å². The number of halogens is 3. The van der Waals surface area contributed by atoms with Crippen LogP contribution in [0.5, 0.6) is 0 Å². The first-order valence-corrected chi connectivity index (χ1v) is 9.33. The number of nitrogens with one attached hydrogen (secondary N) is 2. The highest BCUT2D eigenvalue weighted by Crippen LogP contribution is 2.27. The summed E-state index contributed by atoms with van der Waals surface area (Å²) in [5.41, 5.74) is 0.656. The van der Waals surface area contributed by atoms with Gasteiger partial charge in [-0.2, -0.15) is 0 Å². The molecule has 1 aromatic rings. The van der Waals surface area contributed by atoms with E-state index in [1.165, 1.54) is 0 Å². The molecule has 0 unspecified atom stereocenters.